The number of thiazole rings is 1. The molecular formula is C9H6N2OS. The largest absolute Gasteiger partial charge is 0.462 e. The van der Waals surface area contributed by atoms with Gasteiger partial charge in [-0.25, -0.2) is 4.98 Å². The molecule has 0 saturated carbocycles. The molecule has 0 fully saturated rings. The van der Waals surface area contributed by atoms with Crippen LogP contribution in [0.5, 0.6) is 0 Å². The van der Waals surface area contributed by atoms with Gasteiger partial charge in [0.15, 0.2) is 16.5 Å². The first kappa shape index (κ1) is 8.02. The molecule has 2 aromatic heterocycles. The number of nitriles is 1. The Morgan fingerprint density at radius 1 is 1.62 bits per heavy atom. The fourth-order valence-corrected chi connectivity index (χ4v) is 1.84. The third kappa shape index (κ3) is 1.34. The molecule has 0 spiro atoms. The molecule has 0 saturated heterocycles. The number of aromatic nitrogens is 1. The van der Waals surface area contributed by atoms with Crippen LogP contribution in [0.3, 0.4) is 0 Å². The summed E-state index contributed by atoms with van der Waals surface area (Å²) in [6.07, 6.45) is 1.60. The van der Waals surface area contributed by atoms with E-state index in [-0.39, 0.29) is 0 Å². The predicted molar refractivity (Wildman–Crippen MR) is 49.3 cm³/mol. The number of nitrogens with zero attached hydrogens (tertiary/aromatic N) is 2. The van der Waals surface area contributed by atoms with E-state index in [1.54, 1.807) is 12.3 Å². The molecule has 3 nitrogen and oxygen atoms in total. The summed E-state index contributed by atoms with van der Waals surface area (Å²) < 4.78 is 5.17. The fraction of sp³-hybridized carbons (Fsp3) is 0.111. The monoisotopic (exact) mass is 190 g/mol. The molecule has 2 aromatic rings. The molecule has 2 rings (SSSR count). The Bertz CT molecular complexity index is 450. The summed E-state index contributed by atoms with van der Waals surface area (Å²) in [5, 5.41) is 9.46. The molecule has 64 valence electrons. The summed E-state index contributed by atoms with van der Waals surface area (Å²) in [6.45, 7) is 1.88. The quantitative estimate of drug-likeness (QED) is 0.694. The van der Waals surface area contributed by atoms with E-state index in [0.29, 0.717) is 5.69 Å². The zero-order chi connectivity index (χ0) is 9.26. The lowest BCUT2D eigenvalue weighted by Crippen LogP contribution is -1.75. The fourth-order valence-electron chi connectivity index (χ4n) is 1.01. The van der Waals surface area contributed by atoms with Gasteiger partial charge in [0.1, 0.15) is 6.07 Å². The van der Waals surface area contributed by atoms with Crippen LogP contribution in [0.25, 0.3) is 10.8 Å². The number of aryl methyl sites for hydroxylation is 1. The molecule has 0 radical (unpaired) electrons. The van der Waals surface area contributed by atoms with Gasteiger partial charge in [-0.2, -0.15) is 5.26 Å². The van der Waals surface area contributed by atoms with Crippen molar-refractivity contribution in [3.63, 3.8) is 0 Å². The second kappa shape index (κ2) is 3.04. The first-order valence-corrected chi connectivity index (χ1v) is 4.54. The molecule has 0 N–H and O–H groups in total. The predicted octanol–water partition coefficient (Wildman–Crippen LogP) is 2.58. The highest BCUT2D eigenvalue weighted by molar-refractivity contribution is 7.15. The Kier molecular flexibility index (Phi) is 1.87. The lowest BCUT2D eigenvalue weighted by molar-refractivity contribution is 0.582. The third-order valence-electron chi connectivity index (χ3n) is 1.63. The van der Waals surface area contributed by atoms with Crippen LogP contribution < -0.4 is 0 Å². The van der Waals surface area contributed by atoms with Crippen LogP contribution in [0.1, 0.15) is 10.6 Å². The van der Waals surface area contributed by atoms with Gasteiger partial charge in [-0.05, 0) is 19.1 Å². The minimum Gasteiger partial charge on any atom is -0.462 e. The molecule has 0 aliphatic heterocycles. The summed E-state index contributed by atoms with van der Waals surface area (Å²) in [4.78, 5) is 5.06. The first-order chi connectivity index (χ1) is 6.31. The molecular weight excluding hydrogens is 184 g/mol. The SMILES string of the molecule is Cc1sc(-c2ccco2)nc1C#N. The van der Waals surface area contributed by atoms with Crippen LogP contribution in [0.15, 0.2) is 22.8 Å². The topological polar surface area (TPSA) is 49.8 Å². The van der Waals surface area contributed by atoms with Gasteiger partial charge in [-0.15, -0.1) is 11.3 Å². The van der Waals surface area contributed by atoms with Crippen LogP contribution >= 0.6 is 11.3 Å². The number of hydrogen-bond acceptors (Lipinski definition) is 4. The van der Waals surface area contributed by atoms with Crippen molar-refractivity contribution in [1.29, 1.82) is 5.26 Å². The van der Waals surface area contributed by atoms with Crippen LogP contribution in [0.4, 0.5) is 0 Å². The van der Waals surface area contributed by atoms with Crippen molar-refractivity contribution in [2.45, 2.75) is 6.92 Å². The van der Waals surface area contributed by atoms with Crippen molar-refractivity contribution < 1.29 is 4.42 Å². The lowest BCUT2D eigenvalue weighted by atomic mass is 10.4. The van der Waals surface area contributed by atoms with Gasteiger partial charge in [0.05, 0.1) is 6.26 Å². The Balaban J connectivity index is 2.50. The van der Waals surface area contributed by atoms with Crippen molar-refractivity contribution in [3.8, 4) is 16.8 Å². The van der Waals surface area contributed by atoms with E-state index in [1.165, 1.54) is 11.3 Å². The number of furan rings is 1. The Labute approximate surface area is 79.3 Å². The second-order valence-corrected chi connectivity index (χ2v) is 3.72. The maximum atomic E-state index is 8.69. The van der Waals surface area contributed by atoms with E-state index >= 15 is 0 Å². The number of rotatable bonds is 1. The molecule has 2 heterocycles. The number of hydrogen-bond donors (Lipinski definition) is 0. The minimum absolute atomic E-state index is 0.483. The standard InChI is InChI=1S/C9H6N2OS/c1-6-7(5-10)11-9(13-6)8-3-2-4-12-8/h2-4H,1H3. The van der Waals surface area contributed by atoms with Gasteiger partial charge in [0, 0.05) is 4.88 Å². The van der Waals surface area contributed by atoms with Crippen LogP contribution in [0, 0.1) is 18.3 Å². The summed E-state index contributed by atoms with van der Waals surface area (Å²) in [5.41, 5.74) is 0.483. The van der Waals surface area contributed by atoms with E-state index in [4.69, 9.17) is 9.68 Å². The van der Waals surface area contributed by atoms with E-state index in [0.717, 1.165) is 15.6 Å². The van der Waals surface area contributed by atoms with Crippen molar-refractivity contribution in [2.75, 3.05) is 0 Å². The van der Waals surface area contributed by atoms with Crippen LogP contribution in [-0.2, 0) is 0 Å². The highest BCUT2D eigenvalue weighted by Crippen LogP contribution is 2.27. The zero-order valence-electron chi connectivity index (χ0n) is 6.94. The minimum atomic E-state index is 0.483. The Hall–Kier alpha value is -1.60. The van der Waals surface area contributed by atoms with Crippen molar-refractivity contribution in [3.05, 3.63) is 29.0 Å². The third-order valence-corrected chi connectivity index (χ3v) is 2.62. The van der Waals surface area contributed by atoms with Gasteiger partial charge >= 0.3 is 0 Å². The van der Waals surface area contributed by atoms with E-state index in [9.17, 15) is 0 Å². The van der Waals surface area contributed by atoms with Gasteiger partial charge in [0.25, 0.3) is 0 Å². The van der Waals surface area contributed by atoms with E-state index in [1.807, 2.05) is 19.1 Å². The molecule has 4 heteroatoms. The average molecular weight is 190 g/mol. The molecule has 0 aliphatic carbocycles. The summed E-state index contributed by atoms with van der Waals surface area (Å²) in [7, 11) is 0. The molecule has 0 aliphatic rings. The highest BCUT2D eigenvalue weighted by Gasteiger charge is 2.09. The maximum Gasteiger partial charge on any atom is 0.162 e. The lowest BCUT2D eigenvalue weighted by Gasteiger charge is -1.84. The van der Waals surface area contributed by atoms with Gasteiger partial charge in [0.2, 0.25) is 0 Å². The molecule has 0 atom stereocenters. The average Bonchev–Trinajstić information content (AvgIpc) is 2.71. The van der Waals surface area contributed by atoms with Crippen molar-refractivity contribution in [1.82, 2.24) is 4.98 Å². The smallest absolute Gasteiger partial charge is 0.162 e. The zero-order valence-corrected chi connectivity index (χ0v) is 7.76. The van der Waals surface area contributed by atoms with Crippen LogP contribution in [-0.4, -0.2) is 4.98 Å². The Morgan fingerprint density at radius 3 is 3.00 bits per heavy atom. The molecule has 13 heavy (non-hydrogen) atoms. The first-order valence-electron chi connectivity index (χ1n) is 3.72. The molecule has 0 amide bonds. The molecule has 0 bridgehead atoms. The molecule has 0 unspecified atom stereocenters. The summed E-state index contributed by atoms with van der Waals surface area (Å²) in [5.74, 6) is 0.717. The van der Waals surface area contributed by atoms with Gasteiger partial charge in [-0.1, -0.05) is 0 Å². The van der Waals surface area contributed by atoms with Crippen LogP contribution in [0.2, 0.25) is 0 Å². The van der Waals surface area contributed by atoms with E-state index in [2.05, 4.69) is 4.98 Å². The Morgan fingerprint density at radius 2 is 2.46 bits per heavy atom. The highest BCUT2D eigenvalue weighted by atomic mass is 32.1. The summed E-state index contributed by atoms with van der Waals surface area (Å²) in [6, 6.07) is 5.67. The van der Waals surface area contributed by atoms with E-state index < -0.39 is 0 Å². The van der Waals surface area contributed by atoms with Gasteiger partial charge < -0.3 is 4.42 Å². The second-order valence-electron chi connectivity index (χ2n) is 2.51. The van der Waals surface area contributed by atoms with Crippen molar-refractivity contribution in [2.24, 2.45) is 0 Å². The normalized spacial score (nSPS) is 9.85. The van der Waals surface area contributed by atoms with Crippen molar-refractivity contribution >= 4 is 11.3 Å². The molecule has 0 aromatic carbocycles. The maximum absolute atomic E-state index is 8.69. The van der Waals surface area contributed by atoms with Gasteiger partial charge in [-0.3, -0.25) is 0 Å². The summed E-state index contributed by atoms with van der Waals surface area (Å²) >= 11 is 1.47.